The van der Waals surface area contributed by atoms with Gasteiger partial charge in [-0.3, -0.25) is 19.3 Å². The van der Waals surface area contributed by atoms with Crippen LogP contribution in [0.3, 0.4) is 0 Å². The van der Waals surface area contributed by atoms with Gasteiger partial charge in [-0.2, -0.15) is 0 Å². The van der Waals surface area contributed by atoms with Gasteiger partial charge in [-0.1, -0.05) is 29.8 Å². The van der Waals surface area contributed by atoms with Crippen LogP contribution in [0, 0.1) is 5.82 Å². The lowest BCUT2D eigenvalue weighted by Crippen LogP contribution is -2.36. The highest BCUT2D eigenvalue weighted by Gasteiger charge is 2.36. The third kappa shape index (κ3) is 4.69. The maximum atomic E-state index is 13.8. The van der Waals surface area contributed by atoms with Gasteiger partial charge in [0.15, 0.2) is 0 Å². The molecule has 1 aliphatic rings. The molecule has 7 nitrogen and oxygen atoms in total. The zero-order valence-electron chi connectivity index (χ0n) is 15.5. The molecule has 2 aromatic carbocycles. The number of benzene rings is 2. The summed E-state index contributed by atoms with van der Waals surface area (Å²) >= 11 is 6.55. The molecule has 1 aliphatic heterocycles. The van der Waals surface area contributed by atoms with Crippen molar-refractivity contribution in [2.45, 2.75) is 0 Å². The molecular weight excluding hydrogens is 435 g/mol. The molecule has 3 rings (SSSR count). The SMILES string of the molecule is COC(=O)c1cc(NC(=O)CN2C(=O)S/C(=C/c3ccccc3F)C2=O)ccc1Cl. The van der Waals surface area contributed by atoms with Crippen molar-refractivity contribution in [3.05, 3.63) is 69.3 Å². The summed E-state index contributed by atoms with van der Waals surface area (Å²) in [6.45, 7) is -0.546. The third-order valence-corrected chi connectivity index (χ3v) is 5.26. The number of rotatable bonds is 5. The Labute approximate surface area is 179 Å². The molecule has 1 N–H and O–H groups in total. The van der Waals surface area contributed by atoms with Gasteiger partial charge in [0.25, 0.3) is 11.1 Å². The number of anilines is 1. The van der Waals surface area contributed by atoms with Crippen LogP contribution in [0.25, 0.3) is 6.08 Å². The molecule has 0 aliphatic carbocycles. The molecule has 30 heavy (non-hydrogen) atoms. The number of nitrogens with one attached hydrogen (secondary N) is 1. The fourth-order valence-corrected chi connectivity index (χ4v) is 3.61. The van der Waals surface area contributed by atoms with Crippen LogP contribution < -0.4 is 5.32 Å². The van der Waals surface area contributed by atoms with Crippen molar-refractivity contribution in [3.63, 3.8) is 0 Å². The molecule has 0 unspecified atom stereocenters. The quantitative estimate of drug-likeness (QED) is 0.550. The molecule has 0 spiro atoms. The Morgan fingerprint density at radius 1 is 1.23 bits per heavy atom. The molecule has 2 aromatic rings. The van der Waals surface area contributed by atoms with Crippen molar-refractivity contribution >= 4 is 58.1 Å². The highest BCUT2D eigenvalue weighted by atomic mass is 35.5. The van der Waals surface area contributed by atoms with Gasteiger partial charge in [-0.05, 0) is 42.1 Å². The molecule has 0 saturated carbocycles. The Morgan fingerprint density at radius 3 is 2.67 bits per heavy atom. The normalized spacial score (nSPS) is 14.9. The number of amides is 3. The number of nitrogens with zero attached hydrogens (tertiary/aromatic N) is 1. The number of halogens is 2. The van der Waals surface area contributed by atoms with E-state index in [4.69, 9.17) is 11.6 Å². The van der Waals surface area contributed by atoms with Gasteiger partial charge >= 0.3 is 5.97 Å². The van der Waals surface area contributed by atoms with E-state index in [9.17, 15) is 23.6 Å². The molecule has 154 valence electrons. The van der Waals surface area contributed by atoms with Gasteiger partial charge in [-0.15, -0.1) is 0 Å². The highest BCUT2D eigenvalue weighted by molar-refractivity contribution is 8.18. The maximum Gasteiger partial charge on any atom is 0.339 e. The molecule has 3 amide bonds. The monoisotopic (exact) mass is 448 g/mol. The van der Waals surface area contributed by atoms with Crippen LogP contribution in [-0.4, -0.2) is 41.6 Å². The number of methoxy groups -OCH3 is 1. The molecule has 0 radical (unpaired) electrons. The summed E-state index contributed by atoms with van der Waals surface area (Å²) in [4.78, 5) is 49.4. The molecule has 0 bridgehead atoms. The summed E-state index contributed by atoms with van der Waals surface area (Å²) in [5, 5.41) is 1.98. The van der Waals surface area contributed by atoms with E-state index in [0.29, 0.717) is 11.8 Å². The van der Waals surface area contributed by atoms with Crippen molar-refractivity contribution in [3.8, 4) is 0 Å². The first-order valence-electron chi connectivity index (χ1n) is 8.47. The molecule has 1 fully saturated rings. The summed E-state index contributed by atoms with van der Waals surface area (Å²) in [5.41, 5.74) is 0.443. The lowest BCUT2D eigenvalue weighted by atomic mass is 10.2. The Kier molecular flexibility index (Phi) is 6.53. The first-order chi connectivity index (χ1) is 14.3. The number of carbonyl (C=O) groups is 4. The number of imide groups is 1. The van der Waals surface area contributed by atoms with E-state index in [1.807, 2.05) is 0 Å². The molecule has 0 atom stereocenters. The van der Waals surface area contributed by atoms with E-state index in [1.165, 1.54) is 49.6 Å². The van der Waals surface area contributed by atoms with Gasteiger partial charge in [0.2, 0.25) is 5.91 Å². The summed E-state index contributed by atoms with van der Waals surface area (Å²) in [6.07, 6.45) is 1.26. The van der Waals surface area contributed by atoms with E-state index >= 15 is 0 Å². The van der Waals surface area contributed by atoms with E-state index in [2.05, 4.69) is 10.1 Å². The molecule has 1 saturated heterocycles. The third-order valence-electron chi connectivity index (χ3n) is 4.02. The minimum absolute atomic E-state index is 0.0115. The summed E-state index contributed by atoms with van der Waals surface area (Å²) in [6, 6.07) is 9.98. The van der Waals surface area contributed by atoms with Gasteiger partial charge in [0, 0.05) is 11.3 Å². The largest absolute Gasteiger partial charge is 0.465 e. The van der Waals surface area contributed by atoms with Crippen LogP contribution in [0.2, 0.25) is 5.02 Å². The van der Waals surface area contributed by atoms with Crippen LogP contribution in [0.1, 0.15) is 15.9 Å². The van der Waals surface area contributed by atoms with E-state index in [1.54, 1.807) is 6.07 Å². The zero-order valence-corrected chi connectivity index (χ0v) is 17.1. The smallest absolute Gasteiger partial charge is 0.339 e. The lowest BCUT2D eigenvalue weighted by Gasteiger charge is -2.13. The molecule has 1 heterocycles. The average Bonchev–Trinajstić information content (AvgIpc) is 2.98. The molecule has 0 aromatic heterocycles. The van der Waals surface area contributed by atoms with Crippen LogP contribution in [-0.2, 0) is 14.3 Å². The standard InChI is InChI=1S/C20H14ClFN2O5S/c1-29-19(27)13-9-12(6-7-14(13)21)23-17(25)10-24-18(26)16(30-20(24)28)8-11-4-2-3-5-15(11)22/h2-9H,10H2,1H3,(H,23,25)/b16-8+. The topological polar surface area (TPSA) is 92.8 Å². The second kappa shape index (κ2) is 9.10. The summed E-state index contributed by atoms with van der Waals surface area (Å²) in [7, 11) is 1.19. The number of hydrogen-bond donors (Lipinski definition) is 1. The van der Waals surface area contributed by atoms with Crippen molar-refractivity contribution in [1.82, 2.24) is 4.90 Å². The summed E-state index contributed by atoms with van der Waals surface area (Å²) < 4.78 is 18.4. The fourth-order valence-electron chi connectivity index (χ4n) is 2.58. The summed E-state index contributed by atoms with van der Waals surface area (Å²) in [5.74, 6) is -2.58. The minimum Gasteiger partial charge on any atom is -0.465 e. The lowest BCUT2D eigenvalue weighted by molar-refractivity contribution is -0.127. The Morgan fingerprint density at radius 2 is 1.97 bits per heavy atom. The zero-order chi connectivity index (χ0) is 21.8. The van der Waals surface area contributed by atoms with E-state index < -0.39 is 35.4 Å². The van der Waals surface area contributed by atoms with Crippen molar-refractivity contribution in [1.29, 1.82) is 0 Å². The second-order valence-corrected chi connectivity index (χ2v) is 7.42. The number of thioether (sulfide) groups is 1. The second-order valence-electron chi connectivity index (χ2n) is 6.02. The Balaban J connectivity index is 1.71. The van der Waals surface area contributed by atoms with Gasteiger partial charge in [0.05, 0.1) is 22.6 Å². The number of ether oxygens (including phenoxy) is 1. The maximum absolute atomic E-state index is 13.8. The van der Waals surface area contributed by atoms with Crippen LogP contribution >= 0.6 is 23.4 Å². The van der Waals surface area contributed by atoms with Gasteiger partial charge in [-0.25, -0.2) is 9.18 Å². The fraction of sp³-hybridized carbons (Fsp3) is 0.100. The Bertz CT molecular complexity index is 1090. The van der Waals surface area contributed by atoms with Crippen LogP contribution in [0.4, 0.5) is 14.9 Å². The van der Waals surface area contributed by atoms with Crippen LogP contribution in [0.5, 0.6) is 0 Å². The average molecular weight is 449 g/mol. The first-order valence-corrected chi connectivity index (χ1v) is 9.67. The predicted octanol–water partition coefficient (Wildman–Crippen LogP) is 3.94. The predicted molar refractivity (Wildman–Crippen MR) is 110 cm³/mol. The molecule has 10 heteroatoms. The van der Waals surface area contributed by atoms with Crippen molar-refractivity contribution in [2.75, 3.05) is 19.0 Å². The number of hydrogen-bond acceptors (Lipinski definition) is 6. The van der Waals surface area contributed by atoms with Crippen molar-refractivity contribution in [2.24, 2.45) is 0 Å². The van der Waals surface area contributed by atoms with E-state index in [-0.39, 0.29) is 26.7 Å². The van der Waals surface area contributed by atoms with Gasteiger partial charge < -0.3 is 10.1 Å². The highest BCUT2D eigenvalue weighted by Crippen LogP contribution is 2.32. The minimum atomic E-state index is -0.699. The molecular formula is C20H14ClFN2O5S. The Hall–Kier alpha value is -3.17. The number of carbonyl (C=O) groups excluding carboxylic acids is 4. The van der Waals surface area contributed by atoms with Gasteiger partial charge in [0.1, 0.15) is 12.4 Å². The first kappa shape index (κ1) is 21.5. The van der Waals surface area contributed by atoms with E-state index in [0.717, 1.165) is 4.90 Å². The number of esters is 1. The van der Waals surface area contributed by atoms with Crippen LogP contribution in [0.15, 0.2) is 47.4 Å². The van der Waals surface area contributed by atoms with Crippen molar-refractivity contribution < 1.29 is 28.3 Å².